The molecule has 0 saturated heterocycles. The number of hydrogen-bond acceptors (Lipinski definition) is 7. The van der Waals surface area contributed by atoms with E-state index < -0.39 is 23.6 Å². The predicted molar refractivity (Wildman–Crippen MR) is 122 cm³/mol. The normalized spacial score (nSPS) is 13.4. The average molecular weight is 509 g/mol. The fourth-order valence-corrected chi connectivity index (χ4v) is 4.65. The van der Waals surface area contributed by atoms with E-state index >= 15 is 0 Å². The summed E-state index contributed by atoms with van der Waals surface area (Å²) in [6.07, 6.45) is -3.31. The lowest BCUT2D eigenvalue weighted by atomic mass is 9.96. The summed E-state index contributed by atoms with van der Waals surface area (Å²) in [6, 6.07) is 8.60. The lowest BCUT2D eigenvalue weighted by Crippen LogP contribution is -2.24. The van der Waals surface area contributed by atoms with Crippen molar-refractivity contribution >= 4 is 45.8 Å². The van der Waals surface area contributed by atoms with Gasteiger partial charge in [-0.1, -0.05) is 35.1 Å². The molecular weight excluding hydrogens is 493 g/mol. The van der Waals surface area contributed by atoms with Crippen LogP contribution in [0.2, 0.25) is 5.02 Å². The van der Waals surface area contributed by atoms with E-state index in [1.54, 1.807) is 18.2 Å². The molecule has 0 spiro atoms. The Morgan fingerprint density at radius 2 is 1.97 bits per heavy atom. The molecular formula is C22H16ClF3N4O3S. The van der Waals surface area contributed by atoms with Crippen LogP contribution < -0.4 is 15.5 Å². The molecule has 2 heterocycles. The van der Waals surface area contributed by atoms with E-state index in [9.17, 15) is 23.1 Å². The van der Waals surface area contributed by atoms with E-state index in [0.29, 0.717) is 21.7 Å². The van der Waals surface area contributed by atoms with Crippen LogP contribution in [0.5, 0.6) is 5.88 Å². The van der Waals surface area contributed by atoms with Gasteiger partial charge in [-0.15, -0.1) is 0 Å². The number of carboxylic acids is 1. The van der Waals surface area contributed by atoms with Crippen molar-refractivity contribution in [3.8, 4) is 5.88 Å². The Kier molecular flexibility index (Phi) is 6.32. The first kappa shape index (κ1) is 23.7. The van der Waals surface area contributed by atoms with Crippen molar-refractivity contribution in [3.63, 3.8) is 0 Å². The molecule has 4 rings (SSSR count). The number of thiazole rings is 1. The molecule has 3 aromatic rings. The lowest BCUT2D eigenvalue weighted by molar-refractivity contribution is -0.138. The third kappa shape index (κ3) is 4.90. The van der Waals surface area contributed by atoms with Crippen molar-refractivity contribution in [2.75, 3.05) is 18.5 Å². The topological polar surface area (TPSA) is 98.4 Å². The van der Waals surface area contributed by atoms with Crippen molar-refractivity contribution in [2.24, 2.45) is 10.2 Å². The molecule has 1 aliphatic heterocycles. The summed E-state index contributed by atoms with van der Waals surface area (Å²) < 4.78 is 41.3. The number of aromatic nitrogens is 1. The molecule has 0 radical (unpaired) electrons. The fraction of sp³-hybridized carbons (Fsp3) is 0.182. The number of hydrogen-bond donors (Lipinski definition) is 2. The van der Waals surface area contributed by atoms with Gasteiger partial charge in [0.1, 0.15) is 6.54 Å². The van der Waals surface area contributed by atoms with Crippen molar-refractivity contribution in [1.82, 2.24) is 4.98 Å². The Morgan fingerprint density at radius 3 is 2.68 bits per heavy atom. The molecule has 0 saturated carbocycles. The Morgan fingerprint density at radius 1 is 1.21 bits per heavy atom. The van der Waals surface area contributed by atoms with E-state index in [1.807, 2.05) is 0 Å². The summed E-state index contributed by atoms with van der Waals surface area (Å²) in [7, 11) is 1.49. The zero-order chi connectivity index (χ0) is 24.6. The van der Waals surface area contributed by atoms with Crippen LogP contribution >= 0.6 is 22.9 Å². The SMILES string of the molecule is CN(CC(=O)O)c1nc(O)c(C(Cc2ccc(Cl)cc2C(F)(F)F)=c2ccc3c(c2)C=NN=3)s1. The summed E-state index contributed by atoms with van der Waals surface area (Å²) in [5.41, 5.74) is 0.122. The number of anilines is 1. The van der Waals surface area contributed by atoms with Gasteiger partial charge in [-0.2, -0.15) is 28.4 Å². The van der Waals surface area contributed by atoms with Crippen LogP contribution in [0.15, 0.2) is 46.6 Å². The molecule has 7 nitrogen and oxygen atoms in total. The third-order valence-electron chi connectivity index (χ3n) is 5.05. The molecule has 1 aliphatic rings. The van der Waals surface area contributed by atoms with Crippen LogP contribution in [0.25, 0.3) is 5.57 Å². The van der Waals surface area contributed by atoms with Crippen LogP contribution in [0, 0.1) is 0 Å². The minimum atomic E-state index is -4.64. The minimum absolute atomic E-state index is 0.0426. The van der Waals surface area contributed by atoms with E-state index in [4.69, 9.17) is 16.7 Å². The number of likely N-dealkylation sites (N-methyl/N-ethyl adjacent to an activating group) is 1. The zero-order valence-electron chi connectivity index (χ0n) is 17.5. The molecule has 2 aromatic carbocycles. The number of benzene rings is 2. The van der Waals surface area contributed by atoms with Gasteiger partial charge in [0.15, 0.2) is 5.13 Å². The van der Waals surface area contributed by atoms with Crippen molar-refractivity contribution in [3.05, 3.63) is 73.6 Å². The van der Waals surface area contributed by atoms with E-state index in [1.165, 1.54) is 30.3 Å². The number of carbonyl (C=O) groups is 1. The maximum atomic E-state index is 13.8. The average Bonchev–Trinajstić information content (AvgIpc) is 3.37. The molecule has 176 valence electrons. The Hall–Kier alpha value is -3.44. The molecule has 0 unspecified atom stereocenters. The Labute approximate surface area is 199 Å². The highest BCUT2D eigenvalue weighted by Crippen LogP contribution is 2.39. The standard InChI is InChI=1S/C22H16ClF3N4O3S/c1-30(10-18(31)32)21-28-20(33)19(34-21)15(11-3-5-17-13(6-11)9-27-29-17)7-12-2-4-14(23)8-16(12)22(24,25)26/h2-6,8-9,33H,7,10H2,1H3,(H,31,32). The number of aliphatic carboxylic acids is 1. The van der Waals surface area contributed by atoms with Crippen LogP contribution in [-0.2, 0) is 17.4 Å². The number of fused-ring (bicyclic) bond motifs is 1. The highest BCUT2D eigenvalue weighted by atomic mass is 35.5. The summed E-state index contributed by atoms with van der Waals surface area (Å²) in [4.78, 5) is 16.7. The number of carboxylic acid groups (broad SMARTS) is 1. The number of halogens is 4. The first-order valence-electron chi connectivity index (χ1n) is 9.76. The maximum Gasteiger partial charge on any atom is 0.416 e. The van der Waals surface area contributed by atoms with Gasteiger partial charge < -0.3 is 15.1 Å². The first-order chi connectivity index (χ1) is 16.0. The Balaban J connectivity index is 1.91. The molecule has 0 atom stereocenters. The second-order valence-electron chi connectivity index (χ2n) is 7.47. The van der Waals surface area contributed by atoms with E-state index in [-0.39, 0.29) is 33.6 Å². The van der Waals surface area contributed by atoms with Gasteiger partial charge in [-0.25, -0.2) is 0 Å². The Bertz CT molecular complexity index is 1440. The minimum Gasteiger partial charge on any atom is -0.492 e. The lowest BCUT2D eigenvalue weighted by Gasteiger charge is -2.15. The molecule has 2 N–H and O–H groups in total. The molecule has 0 amide bonds. The van der Waals surface area contributed by atoms with Gasteiger partial charge >= 0.3 is 12.1 Å². The van der Waals surface area contributed by atoms with Crippen molar-refractivity contribution in [2.45, 2.75) is 12.6 Å². The molecule has 1 aromatic heterocycles. The molecule has 0 aliphatic carbocycles. The molecule has 12 heteroatoms. The van der Waals surface area contributed by atoms with Gasteiger partial charge in [-0.05, 0) is 40.6 Å². The summed E-state index contributed by atoms with van der Waals surface area (Å²) in [5.74, 6) is -1.51. The van der Waals surface area contributed by atoms with E-state index in [2.05, 4.69) is 15.2 Å². The van der Waals surface area contributed by atoms with Crippen LogP contribution in [0.4, 0.5) is 18.3 Å². The summed E-state index contributed by atoms with van der Waals surface area (Å²) in [6.45, 7) is -0.367. The number of alkyl halides is 3. The van der Waals surface area contributed by atoms with Crippen molar-refractivity contribution in [1.29, 1.82) is 0 Å². The van der Waals surface area contributed by atoms with Crippen LogP contribution in [0.3, 0.4) is 0 Å². The fourth-order valence-electron chi connectivity index (χ4n) is 3.49. The number of aromatic hydroxyl groups is 1. The quantitative estimate of drug-likeness (QED) is 0.531. The van der Waals surface area contributed by atoms with Gasteiger partial charge in [-0.3, -0.25) is 4.79 Å². The first-order valence-corrected chi connectivity index (χ1v) is 11.0. The molecule has 0 fully saturated rings. The van der Waals surface area contributed by atoms with Crippen LogP contribution in [-0.4, -0.2) is 41.0 Å². The number of rotatable bonds is 6. The second-order valence-corrected chi connectivity index (χ2v) is 8.89. The highest BCUT2D eigenvalue weighted by molar-refractivity contribution is 7.17. The predicted octanol–water partition coefficient (Wildman–Crippen LogP) is 3.45. The third-order valence-corrected chi connectivity index (χ3v) is 6.51. The highest BCUT2D eigenvalue weighted by Gasteiger charge is 2.34. The second kappa shape index (κ2) is 9.07. The smallest absolute Gasteiger partial charge is 0.416 e. The molecule has 0 bridgehead atoms. The van der Waals surface area contributed by atoms with Crippen molar-refractivity contribution < 1.29 is 28.2 Å². The van der Waals surface area contributed by atoms with Gasteiger partial charge in [0.05, 0.1) is 22.0 Å². The van der Waals surface area contributed by atoms with Gasteiger partial charge in [0.25, 0.3) is 0 Å². The number of nitrogens with zero attached hydrogens (tertiary/aromatic N) is 4. The van der Waals surface area contributed by atoms with Gasteiger partial charge in [0, 0.05) is 24.1 Å². The monoisotopic (exact) mass is 508 g/mol. The van der Waals surface area contributed by atoms with Gasteiger partial charge in [0.2, 0.25) is 5.88 Å². The molecule has 34 heavy (non-hydrogen) atoms. The van der Waals surface area contributed by atoms with E-state index in [0.717, 1.165) is 17.4 Å². The largest absolute Gasteiger partial charge is 0.492 e. The van der Waals surface area contributed by atoms with Crippen LogP contribution in [0.1, 0.15) is 21.6 Å². The maximum absolute atomic E-state index is 13.8. The zero-order valence-corrected chi connectivity index (χ0v) is 19.0. The summed E-state index contributed by atoms with van der Waals surface area (Å²) >= 11 is 6.81. The summed E-state index contributed by atoms with van der Waals surface area (Å²) in [5, 5.41) is 28.8.